The van der Waals surface area contributed by atoms with Gasteiger partial charge < -0.3 is 14.8 Å². The smallest absolute Gasteiger partial charge is 0.194 e. The van der Waals surface area contributed by atoms with E-state index >= 15 is 0 Å². The van der Waals surface area contributed by atoms with Crippen molar-refractivity contribution in [3.05, 3.63) is 88.9 Å². The van der Waals surface area contributed by atoms with E-state index in [4.69, 9.17) is 38.4 Å². The van der Waals surface area contributed by atoms with Crippen LogP contribution in [0.5, 0.6) is 11.5 Å². The number of hydrogen-bond donors (Lipinski definition) is 1. The first-order valence-corrected chi connectivity index (χ1v) is 10.8. The zero-order chi connectivity index (χ0) is 21.2. The molecule has 1 unspecified atom stereocenters. The second kappa shape index (κ2) is 8.57. The number of benzene rings is 3. The Kier molecular flexibility index (Phi) is 5.49. The Morgan fingerprint density at radius 1 is 0.968 bits per heavy atom. The first-order chi connectivity index (χ1) is 15.2. The Labute approximate surface area is 191 Å². The Morgan fingerprint density at radius 2 is 1.77 bits per heavy atom. The molecule has 31 heavy (non-hydrogen) atoms. The van der Waals surface area contributed by atoms with Crippen molar-refractivity contribution in [3.8, 4) is 11.5 Å². The van der Waals surface area contributed by atoms with E-state index < -0.39 is 0 Å². The van der Waals surface area contributed by atoms with Crippen LogP contribution in [0.2, 0.25) is 5.02 Å². The van der Waals surface area contributed by atoms with E-state index in [-0.39, 0.29) is 6.04 Å². The van der Waals surface area contributed by atoms with Crippen LogP contribution in [-0.2, 0) is 0 Å². The van der Waals surface area contributed by atoms with Crippen molar-refractivity contribution in [1.29, 1.82) is 0 Å². The molecule has 1 atom stereocenters. The number of halogens is 1. The van der Waals surface area contributed by atoms with E-state index in [1.807, 2.05) is 77.8 Å². The van der Waals surface area contributed by atoms with Crippen molar-refractivity contribution in [2.75, 3.05) is 18.5 Å². The molecule has 2 aliphatic rings. The molecule has 7 heteroatoms. The maximum Gasteiger partial charge on any atom is 0.194 e. The molecule has 0 amide bonds. The lowest BCUT2D eigenvalue weighted by Crippen LogP contribution is -2.31. The standard InChI is InChI=1S/C24H20ClN3O2S/c25-18-6-4-5-16(13-18)20-15-21(17-9-10-22-23(14-17)30-12-11-29-22)28(27-20)24(31)26-19-7-2-1-3-8-19/h1-10,13-14,21H,11-12,15H2,(H,26,31). The number of anilines is 1. The van der Waals surface area contributed by atoms with Crippen LogP contribution in [0.15, 0.2) is 77.9 Å². The minimum atomic E-state index is -0.0754. The molecule has 156 valence electrons. The fourth-order valence-corrected chi connectivity index (χ4v) is 4.25. The topological polar surface area (TPSA) is 46.1 Å². The third-order valence-corrected chi connectivity index (χ3v) is 5.78. The van der Waals surface area contributed by atoms with Crippen LogP contribution in [-0.4, -0.2) is 29.0 Å². The maximum absolute atomic E-state index is 6.23. The van der Waals surface area contributed by atoms with Crippen LogP contribution < -0.4 is 14.8 Å². The zero-order valence-electron chi connectivity index (χ0n) is 16.6. The van der Waals surface area contributed by atoms with Gasteiger partial charge in [-0.2, -0.15) is 5.10 Å². The highest BCUT2D eigenvalue weighted by Crippen LogP contribution is 2.38. The monoisotopic (exact) mass is 449 g/mol. The molecule has 0 radical (unpaired) electrons. The lowest BCUT2D eigenvalue weighted by atomic mass is 9.98. The van der Waals surface area contributed by atoms with Gasteiger partial charge in [0, 0.05) is 17.1 Å². The lowest BCUT2D eigenvalue weighted by molar-refractivity contribution is 0.171. The van der Waals surface area contributed by atoms with Gasteiger partial charge in [0.1, 0.15) is 13.2 Å². The summed E-state index contributed by atoms with van der Waals surface area (Å²) in [5, 5.41) is 11.3. The molecule has 2 aliphatic heterocycles. The molecule has 0 aromatic heterocycles. The van der Waals surface area contributed by atoms with Gasteiger partial charge in [-0.05, 0) is 59.7 Å². The first-order valence-electron chi connectivity index (χ1n) is 10.1. The lowest BCUT2D eigenvalue weighted by Gasteiger charge is -2.26. The molecule has 5 nitrogen and oxygen atoms in total. The molecule has 0 saturated heterocycles. The van der Waals surface area contributed by atoms with Crippen LogP contribution in [0.25, 0.3) is 0 Å². The van der Waals surface area contributed by atoms with Crippen LogP contribution in [0, 0.1) is 0 Å². The van der Waals surface area contributed by atoms with Gasteiger partial charge in [-0.3, -0.25) is 0 Å². The first kappa shape index (κ1) is 19.8. The van der Waals surface area contributed by atoms with Crippen molar-refractivity contribution >= 4 is 40.3 Å². The average Bonchev–Trinajstić information content (AvgIpc) is 3.25. The van der Waals surface area contributed by atoms with E-state index in [1.54, 1.807) is 0 Å². The van der Waals surface area contributed by atoms with Gasteiger partial charge in [0.25, 0.3) is 0 Å². The Hall–Kier alpha value is -3.09. The van der Waals surface area contributed by atoms with Crippen LogP contribution in [0.3, 0.4) is 0 Å². The summed E-state index contributed by atoms with van der Waals surface area (Å²) < 4.78 is 11.5. The quantitative estimate of drug-likeness (QED) is 0.523. The number of hydrazone groups is 1. The van der Waals surface area contributed by atoms with Gasteiger partial charge >= 0.3 is 0 Å². The SMILES string of the molecule is S=C(Nc1ccccc1)N1N=C(c2cccc(Cl)c2)CC1c1ccc2c(c1)OCCO2. The number of thiocarbonyl (C=S) groups is 1. The van der Waals surface area contributed by atoms with E-state index in [2.05, 4.69) is 5.32 Å². The number of nitrogens with one attached hydrogen (secondary N) is 1. The number of ether oxygens (including phenoxy) is 2. The molecule has 0 saturated carbocycles. The summed E-state index contributed by atoms with van der Waals surface area (Å²) >= 11 is 12.0. The Bertz CT molecular complexity index is 1150. The minimum Gasteiger partial charge on any atom is -0.486 e. The zero-order valence-corrected chi connectivity index (χ0v) is 18.2. The van der Waals surface area contributed by atoms with Gasteiger partial charge in [0.2, 0.25) is 0 Å². The molecule has 3 aromatic rings. The molecule has 1 N–H and O–H groups in total. The minimum absolute atomic E-state index is 0.0754. The molecule has 0 aliphatic carbocycles. The van der Waals surface area contributed by atoms with Crippen LogP contribution in [0.4, 0.5) is 5.69 Å². The molecule has 5 rings (SSSR count). The van der Waals surface area contributed by atoms with E-state index in [9.17, 15) is 0 Å². The van der Waals surface area contributed by atoms with E-state index in [1.165, 1.54) is 0 Å². The van der Waals surface area contributed by atoms with Crippen molar-refractivity contribution in [3.63, 3.8) is 0 Å². The van der Waals surface area contributed by atoms with Crippen molar-refractivity contribution in [1.82, 2.24) is 5.01 Å². The van der Waals surface area contributed by atoms with Crippen molar-refractivity contribution < 1.29 is 9.47 Å². The molecule has 3 aromatic carbocycles. The molecular formula is C24H20ClN3O2S. The summed E-state index contributed by atoms with van der Waals surface area (Å²) in [6.07, 6.45) is 0.691. The van der Waals surface area contributed by atoms with Crippen LogP contribution >= 0.6 is 23.8 Å². The fourth-order valence-electron chi connectivity index (χ4n) is 3.77. The molecular weight excluding hydrogens is 430 g/mol. The summed E-state index contributed by atoms with van der Waals surface area (Å²) in [5.74, 6) is 1.52. The highest BCUT2D eigenvalue weighted by Gasteiger charge is 2.32. The summed E-state index contributed by atoms with van der Waals surface area (Å²) in [7, 11) is 0. The van der Waals surface area contributed by atoms with Gasteiger partial charge in [-0.15, -0.1) is 0 Å². The summed E-state index contributed by atoms with van der Waals surface area (Å²) in [6.45, 7) is 1.11. The molecule has 2 heterocycles. The maximum atomic E-state index is 6.23. The molecule has 0 spiro atoms. The summed E-state index contributed by atoms with van der Waals surface area (Å²) in [6, 6.07) is 23.5. The summed E-state index contributed by atoms with van der Waals surface area (Å²) in [4.78, 5) is 0. The molecule has 0 bridgehead atoms. The number of para-hydroxylation sites is 1. The fraction of sp³-hybridized carbons (Fsp3) is 0.167. The van der Waals surface area contributed by atoms with Crippen LogP contribution in [0.1, 0.15) is 23.6 Å². The third kappa shape index (κ3) is 4.22. The Morgan fingerprint density at radius 3 is 2.58 bits per heavy atom. The van der Waals surface area contributed by atoms with Gasteiger partial charge in [0.05, 0.1) is 11.8 Å². The largest absolute Gasteiger partial charge is 0.486 e. The number of fused-ring (bicyclic) bond motifs is 1. The van der Waals surface area contributed by atoms with E-state index in [0.29, 0.717) is 29.8 Å². The highest BCUT2D eigenvalue weighted by molar-refractivity contribution is 7.80. The number of rotatable bonds is 3. The average molecular weight is 450 g/mol. The number of nitrogens with zero attached hydrogens (tertiary/aromatic N) is 2. The second-order valence-electron chi connectivity index (χ2n) is 7.32. The predicted octanol–water partition coefficient (Wildman–Crippen LogP) is 5.66. The summed E-state index contributed by atoms with van der Waals surface area (Å²) in [5.41, 5.74) is 3.89. The predicted molar refractivity (Wildman–Crippen MR) is 127 cm³/mol. The van der Waals surface area contributed by atoms with Gasteiger partial charge in [0.15, 0.2) is 16.6 Å². The van der Waals surface area contributed by atoms with Gasteiger partial charge in [-0.25, -0.2) is 5.01 Å². The van der Waals surface area contributed by atoms with E-state index in [0.717, 1.165) is 34.0 Å². The second-order valence-corrected chi connectivity index (χ2v) is 8.14. The Balaban J connectivity index is 1.48. The molecule has 0 fully saturated rings. The van der Waals surface area contributed by atoms with Crippen molar-refractivity contribution in [2.24, 2.45) is 5.10 Å². The third-order valence-electron chi connectivity index (χ3n) is 5.25. The van der Waals surface area contributed by atoms with Gasteiger partial charge in [-0.1, -0.05) is 48.0 Å². The van der Waals surface area contributed by atoms with Crippen molar-refractivity contribution in [2.45, 2.75) is 12.5 Å². The normalized spacial score (nSPS) is 17.3. The highest BCUT2D eigenvalue weighted by atomic mass is 35.5. The number of hydrogen-bond acceptors (Lipinski definition) is 4.